The number of rotatable bonds is 0. The van der Waals surface area contributed by atoms with Crippen molar-refractivity contribution in [2.45, 2.75) is 12.5 Å². The van der Waals surface area contributed by atoms with Gasteiger partial charge < -0.3 is 5.32 Å². The summed E-state index contributed by atoms with van der Waals surface area (Å²) in [6.45, 7) is -0.0914. The van der Waals surface area contributed by atoms with Gasteiger partial charge in [0.25, 0.3) is 5.92 Å². The monoisotopic (exact) mass is 301 g/mol. The first-order chi connectivity index (χ1) is 6.52. The third-order valence-corrected chi connectivity index (χ3v) is 2.98. The summed E-state index contributed by atoms with van der Waals surface area (Å²) in [6, 6.07) is 2.57. The van der Waals surface area contributed by atoms with Crippen LogP contribution in [0.1, 0.15) is 11.1 Å². The third kappa shape index (κ3) is 2.14. The highest BCUT2D eigenvalue weighted by molar-refractivity contribution is 9.10. The van der Waals surface area contributed by atoms with E-state index >= 15 is 0 Å². The van der Waals surface area contributed by atoms with Gasteiger partial charge in [-0.05, 0) is 27.6 Å². The molecule has 0 saturated heterocycles. The van der Waals surface area contributed by atoms with Gasteiger partial charge in [0.15, 0.2) is 0 Å². The predicted octanol–water partition coefficient (Wildman–Crippen LogP) is 3.21. The van der Waals surface area contributed by atoms with Crippen molar-refractivity contribution >= 4 is 28.3 Å². The van der Waals surface area contributed by atoms with E-state index in [1.165, 1.54) is 12.1 Å². The summed E-state index contributed by atoms with van der Waals surface area (Å²) < 4.78 is 39.7. The first-order valence-corrected chi connectivity index (χ1v) is 4.87. The van der Waals surface area contributed by atoms with E-state index < -0.39 is 18.3 Å². The van der Waals surface area contributed by atoms with E-state index in [-0.39, 0.29) is 22.4 Å². The van der Waals surface area contributed by atoms with Gasteiger partial charge in [-0.1, -0.05) is 6.07 Å². The van der Waals surface area contributed by atoms with Gasteiger partial charge in [0.05, 0.1) is 11.0 Å². The van der Waals surface area contributed by atoms with Crippen molar-refractivity contribution < 1.29 is 13.2 Å². The number of fused-ring (bicyclic) bond motifs is 1. The number of nitrogens with one attached hydrogen (secondary N) is 1. The molecule has 0 bridgehead atoms. The fraction of sp³-hybridized carbons (Fsp3) is 0.333. The van der Waals surface area contributed by atoms with Crippen molar-refractivity contribution in [2.75, 3.05) is 6.54 Å². The minimum Gasteiger partial charge on any atom is -0.307 e. The number of hydrogen-bond donors (Lipinski definition) is 1. The van der Waals surface area contributed by atoms with Crippen LogP contribution in [-0.4, -0.2) is 6.54 Å². The Kier molecular flexibility index (Phi) is 3.68. The topological polar surface area (TPSA) is 12.0 Å². The molecule has 0 saturated carbocycles. The van der Waals surface area contributed by atoms with E-state index in [0.717, 1.165) is 0 Å². The van der Waals surface area contributed by atoms with Crippen molar-refractivity contribution in [3.05, 3.63) is 33.5 Å². The normalized spacial score (nSPS) is 17.9. The molecule has 0 aliphatic carbocycles. The molecule has 1 aliphatic rings. The number of benzene rings is 1. The Hall–Kier alpha value is -0.260. The average molecular weight is 303 g/mol. The average Bonchev–Trinajstić information content (AvgIpc) is 2.10. The molecule has 1 aromatic rings. The number of hydrogen-bond acceptors (Lipinski definition) is 1. The minimum absolute atomic E-state index is 0. The maximum absolute atomic E-state index is 13.4. The lowest BCUT2D eigenvalue weighted by Gasteiger charge is -2.27. The molecular weight excluding hydrogens is 294 g/mol. The molecule has 0 aromatic heterocycles. The molecule has 1 N–H and O–H groups in total. The van der Waals surface area contributed by atoms with Gasteiger partial charge in [0.2, 0.25) is 0 Å². The SMILES string of the molecule is Cl.Fc1ccc2c(c1Br)C(F)(F)CNC2. The molecule has 0 fully saturated rings. The fourth-order valence-corrected chi connectivity index (χ4v) is 2.25. The summed E-state index contributed by atoms with van der Waals surface area (Å²) in [6.07, 6.45) is 0. The Morgan fingerprint density at radius 2 is 2.00 bits per heavy atom. The Labute approximate surface area is 99.6 Å². The number of alkyl halides is 2. The zero-order chi connectivity index (χ0) is 10.3. The summed E-state index contributed by atoms with van der Waals surface area (Å²) in [5.74, 6) is -3.65. The summed E-state index contributed by atoms with van der Waals surface area (Å²) in [4.78, 5) is 0. The lowest BCUT2D eigenvalue weighted by Crippen LogP contribution is -2.37. The van der Waals surface area contributed by atoms with E-state index in [0.29, 0.717) is 12.1 Å². The minimum atomic E-state index is -3.01. The van der Waals surface area contributed by atoms with Gasteiger partial charge >= 0.3 is 0 Å². The van der Waals surface area contributed by atoms with Crippen LogP contribution < -0.4 is 5.32 Å². The fourth-order valence-electron chi connectivity index (χ4n) is 1.58. The molecule has 0 radical (unpaired) electrons. The van der Waals surface area contributed by atoms with Crippen LogP contribution in [0.3, 0.4) is 0 Å². The molecule has 0 spiro atoms. The second kappa shape index (κ2) is 4.31. The van der Waals surface area contributed by atoms with Crippen LogP contribution in [0, 0.1) is 5.82 Å². The largest absolute Gasteiger partial charge is 0.307 e. The first kappa shape index (κ1) is 12.8. The maximum Gasteiger partial charge on any atom is 0.286 e. The predicted molar refractivity (Wildman–Crippen MR) is 56.9 cm³/mol. The van der Waals surface area contributed by atoms with Gasteiger partial charge in [0.1, 0.15) is 5.82 Å². The van der Waals surface area contributed by atoms with Crippen molar-refractivity contribution in [1.82, 2.24) is 5.32 Å². The molecule has 0 amide bonds. The van der Waals surface area contributed by atoms with Crippen LogP contribution in [-0.2, 0) is 12.5 Å². The van der Waals surface area contributed by atoms with Crippen molar-refractivity contribution in [3.63, 3.8) is 0 Å². The van der Waals surface area contributed by atoms with Crippen LogP contribution in [0.25, 0.3) is 0 Å². The summed E-state index contributed by atoms with van der Waals surface area (Å²) in [5.41, 5.74) is 0.214. The van der Waals surface area contributed by atoms with E-state index in [4.69, 9.17) is 0 Å². The molecule has 1 aliphatic heterocycles. The van der Waals surface area contributed by atoms with E-state index in [1.54, 1.807) is 0 Å². The third-order valence-electron chi connectivity index (χ3n) is 2.21. The lowest BCUT2D eigenvalue weighted by molar-refractivity contribution is -0.0119. The van der Waals surface area contributed by atoms with E-state index in [1.807, 2.05) is 0 Å². The molecule has 1 heterocycles. The Bertz CT molecular complexity index is 384. The van der Waals surface area contributed by atoms with E-state index in [9.17, 15) is 13.2 Å². The first-order valence-electron chi connectivity index (χ1n) is 4.08. The quantitative estimate of drug-likeness (QED) is 0.776. The van der Waals surface area contributed by atoms with Crippen LogP contribution >= 0.6 is 28.3 Å². The van der Waals surface area contributed by atoms with Crippen LogP contribution in [0.5, 0.6) is 0 Å². The Morgan fingerprint density at radius 1 is 1.33 bits per heavy atom. The van der Waals surface area contributed by atoms with Gasteiger partial charge in [-0.15, -0.1) is 12.4 Å². The zero-order valence-electron chi connectivity index (χ0n) is 7.49. The highest BCUT2D eigenvalue weighted by Crippen LogP contribution is 2.39. The maximum atomic E-state index is 13.4. The molecule has 15 heavy (non-hydrogen) atoms. The van der Waals surface area contributed by atoms with Crippen molar-refractivity contribution in [1.29, 1.82) is 0 Å². The van der Waals surface area contributed by atoms with Crippen LogP contribution in [0.2, 0.25) is 0 Å². The van der Waals surface area contributed by atoms with Crippen molar-refractivity contribution in [2.24, 2.45) is 0 Å². The molecule has 84 valence electrons. The van der Waals surface area contributed by atoms with Gasteiger partial charge in [-0.25, -0.2) is 4.39 Å². The van der Waals surface area contributed by atoms with Gasteiger partial charge in [-0.2, -0.15) is 8.78 Å². The summed E-state index contributed by atoms with van der Waals surface area (Å²) >= 11 is 2.86. The second-order valence-electron chi connectivity index (χ2n) is 3.20. The Balaban J connectivity index is 0.00000112. The smallest absolute Gasteiger partial charge is 0.286 e. The molecule has 0 unspecified atom stereocenters. The molecule has 6 heteroatoms. The van der Waals surface area contributed by atoms with Crippen LogP contribution in [0.4, 0.5) is 13.2 Å². The standard InChI is InChI=1S/C9H7BrF3N.ClH/c10-8-6(11)2-1-5-3-14-4-9(12,13)7(5)8;/h1-2,14H,3-4H2;1H. The van der Waals surface area contributed by atoms with Gasteiger partial charge in [0, 0.05) is 12.1 Å². The summed E-state index contributed by atoms with van der Waals surface area (Å²) in [5, 5.41) is 2.58. The van der Waals surface area contributed by atoms with Crippen molar-refractivity contribution in [3.8, 4) is 0 Å². The Morgan fingerprint density at radius 3 is 2.67 bits per heavy atom. The molecule has 0 atom stereocenters. The van der Waals surface area contributed by atoms with Gasteiger partial charge in [-0.3, -0.25) is 0 Å². The highest BCUT2D eigenvalue weighted by atomic mass is 79.9. The molecule has 2 rings (SSSR count). The van der Waals surface area contributed by atoms with Crippen LogP contribution in [0.15, 0.2) is 16.6 Å². The molecule has 1 nitrogen and oxygen atoms in total. The highest BCUT2D eigenvalue weighted by Gasteiger charge is 2.39. The number of halogens is 5. The molecular formula is C9H8BrClF3N. The lowest BCUT2D eigenvalue weighted by atomic mass is 9.98. The zero-order valence-corrected chi connectivity index (χ0v) is 9.89. The second-order valence-corrected chi connectivity index (χ2v) is 4.00. The summed E-state index contributed by atoms with van der Waals surface area (Å²) in [7, 11) is 0. The van der Waals surface area contributed by atoms with E-state index in [2.05, 4.69) is 21.2 Å². The molecule has 1 aromatic carbocycles.